The van der Waals surface area contributed by atoms with Gasteiger partial charge in [0.1, 0.15) is 11.6 Å². The van der Waals surface area contributed by atoms with Crippen molar-refractivity contribution in [2.45, 2.75) is 111 Å². The van der Waals surface area contributed by atoms with Crippen molar-refractivity contribution < 1.29 is 39.4 Å². The Hall–Kier alpha value is -6.26. The first-order valence-corrected chi connectivity index (χ1v) is 20.3. The predicted molar refractivity (Wildman–Crippen MR) is 267 cm³/mol. The van der Waals surface area contributed by atoms with Crippen LogP contribution < -0.4 is 0 Å². The summed E-state index contributed by atoms with van der Waals surface area (Å²) in [5.41, 5.74) is -9.14. The van der Waals surface area contributed by atoms with Crippen molar-refractivity contribution in [1.82, 2.24) is 14.5 Å². The van der Waals surface area contributed by atoms with Crippen LogP contribution in [0.3, 0.4) is 0 Å². The number of imidazole rings is 1. The van der Waals surface area contributed by atoms with Crippen LogP contribution in [0.25, 0.3) is 72.7 Å². The first kappa shape index (κ1) is 22.4. The average molecular weight is 855 g/mol. The van der Waals surface area contributed by atoms with Gasteiger partial charge in [0.15, 0.2) is 0 Å². The average Bonchev–Trinajstić information content (AvgIpc) is 0.744. The summed E-state index contributed by atoms with van der Waals surface area (Å²) >= 11 is 0. The standard InChI is InChI=1S/C59H63N3O/c1-37-30-40(38-18-15-14-16-19-38)24-27-51(37)62-52-21-17-20-47(53(52)61-55(62)48-35-46(58(8,9)10)36-49(54(48)63)59(11,12)13)42-31-43(33-45(32-42)57(5,6)7)50-34-41(28-29-60-50)39-22-25-44(26-23-39)56(2,3)4/h14-36,63H,1-13H3/i1D3,2D3,3D3,4D3,11D3,12D3,22D,23D,25D,26D,28D,29D,34D. The van der Waals surface area contributed by atoms with Crippen LogP contribution in [0.2, 0.25) is 0 Å². The Balaban J connectivity index is 1.50. The van der Waals surface area contributed by atoms with Gasteiger partial charge in [-0.05, 0) is 127 Å². The summed E-state index contributed by atoms with van der Waals surface area (Å²) in [4.78, 5) is 9.55. The van der Waals surface area contributed by atoms with E-state index in [-0.39, 0.29) is 44.9 Å². The summed E-state index contributed by atoms with van der Waals surface area (Å²) in [6, 6.07) is 19.8. The van der Waals surface area contributed by atoms with Crippen molar-refractivity contribution >= 4 is 11.0 Å². The summed E-state index contributed by atoms with van der Waals surface area (Å²) in [5.74, 6) is -0.897. The number of para-hydroxylation sites is 1. The number of hydrogen-bond donors (Lipinski definition) is 1. The fourth-order valence-electron chi connectivity index (χ4n) is 7.47. The summed E-state index contributed by atoms with van der Waals surface area (Å²) in [6.07, 6.45) is -0.843. The second-order valence-corrected chi connectivity index (χ2v) is 18.1. The normalized spacial score (nSPS) is 19.6. The fraction of sp³-hybridized carbons (Fsp3) is 0.288. The maximum atomic E-state index is 12.7. The zero-order valence-corrected chi connectivity index (χ0v) is 36.0. The van der Waals surface area contributed by atoms with Gasteiger partial charge in [-0.25, -0.2) is 4.98 Å². The third-order valence-electron chi connectivity index (χ3n) is 11.0. The maximum absolute atomic E-state index is 12.7. The third-order valence-corrected chi connectivity index (χ3v) is 11.0. The van der Waals surface area contributed by atoms with Crippen LogP contribution >= 0.6 is 0 Å². The molecule has 0 atom stereocenters. The van der Waals surface area contributed by atoms with Crippen molar-refractivity contribution in [1.29, 1.82) is 0 Å². The van der Waals surface area contributed by atoms with Crippen molar-refractivity contribution in [2.24, 2.45) is 0 Å². The van der Waals surface area contributed by atoms with Gasteiger partial charge in [0.2, 0.25) is 0 Å². The fourth-order valence-corrected chi connectivity index (χ4v) is 7.47. The lowest BCUT2D eigenvalue weighted by Gasteiger charge is -2.27. The Bertz CT molecular complexity index is 4000. The van der Waals surface area contributed by atoms with E-state index in [1.807, 2.05) is 20.8 Å². The number of aromatic nitrogens is 3. The second-order valence-electron chi connectivity index (χ2n) is 18.1. The van der Waals surface area contributed by atoms with E-state index in [0.29, 0.717) is 33.4 Å². The van der Waals surface area contributed by atoms with E-state index in [2.05, 4.69) is 4.98 Å². The monoisotopic (exact) mass is 855 g/mol. The minimum absolute atomic E-state index is 0.0483. The molecule has 0 amide bonds. The maximum Gasteiger partial charge on any atom is 0.149 e. The molecule has 0 saturated carbocycles. The molecule has 0 aliphatic carbocycles. The third kappa shape index (κ3) is 8.61. The van der Waals surface area contributed by atoms with Gasteiger partial charge in [-0.2, -0.15) is 0 Å². The summed E-state index contributed by atoms with van der Waals surface area (Å²) < 4.78 is 219. The zero-order chi connectivity index (χ0) is 66.3. The molecule has 6 aromatic carbocycles. The summed E-state index contributed by atoms with van der Waals surface area (Å²) in [5, 5.41) is 12.7. The molecule has 0 aliphatic rings. The predicted octanol–water partition coefficient (Wildman–Crippen LogP) is 16.0. The number of benzene rings is 6. The molecule has 0 bridgehead atoms. The van der Waals surface area contributed by atoms with Gasteiger partial charge in [0.05, 0.1) is 37.6 Å². The molecule has 4 heteroatoms. The van der Waals surface area contributed by atoms with Crippen LogP contribution in [0, 0.1) is 6.85 Å². The van der Waals surface area contributed by atoms with Crippen LogP contribution in [0.5, 0.6) is 5.75 Å². The van der Waals surface area contributed by atoms with E-state index in [9.17, 15) is 9.22 Å². The number of aromatic hydroxyl groups is 1. The molecule has 8 aromatic rings. The topological polar surface area (TPSA) is 50.9 Å². The van der Waals surface area contributed by atoms with E-state index >= 15 is 0 Å². The molecule has 0 saturated heterocycles. The highest BCUT2D eigenvalue weighted by Crippen LogP contribution is 2.45. The van der Waals surface area contributed by atoms with E-state index in [4.69, 9.17) is 35.1 Å². The summed E-state index contributed by atoms with van der Waals surface area (Å²) in [7, 11) is 0. The molecular formula is C59H63N3O. The SMILES string of the molecule is [2H]c1nc(-c2cc(-c3cccc4c3nc(-c3cc(C(C)(C)C)cc(C(C)(C([2H])([2H])[2H])C([2H])([2H])[2H])c3O)n4-c3ccc(-c4ccccc4)cc3C([2H])([2H])[2H])cc(C(C)(C)C)c2)c([2H])c(-c2c([2H])c([2H])c(C(C([2H])([2H])[2H])(C([2H])([2H])[2H])C([2H])([2H])[2H])c([2H])c2[2H])c1[2H]. The number of phenolic OH excluding ortho intramolecular Hbond substituents is 1. The smallest absolute Gasteiger partial charge is 0.149 e. The molecule has 0 fully saturated rings. The highest BCUT2D eigenvalue weighted by Gasteiger charge is 2.29. The largest absolute Gasteiger partial charge is 0.507 e. The van der Waals surface area contributed by atoms with E-state index < -0.39 is 133 Å². The molecule has 320 valence electrons. The van der Waals surface area contributed by atoms with Crippen LogP contribution in [0.4, 0.5) is 0 Å². The highest BCUT2D eigenvalue weighted by molar-refractivity contribution is 5.97. The second kappa shape index (κ2) is 15.8. The first-order chi connectivity index (χ1) is 40.0. The first-order valence-electron chi connectivity index (χ1n) is 32.8. The van der Waals surface area contributed by atoms with Crippen LogP contribution in [-0.2, 0) is 21.7 Å². The Morgan fingerprint density at radius 1 is 0.556 bits per heavy atom. The Morgan fingerprint density at radius 3 is 1.94 bits per heavy atom. The minimum Gasteiger partial charge on any atom is -0.507 e. The Kier molecular flexibility index (Phi) is 5.62. The van der Waals surface area contributed by atoms with Crippen LogP contribution in [0.15, 0.2) is 139 Å². The molecule has 1 N–H and O–H groups in total. The molecule has 2 aromatic heterocycles. The van der Waals surface area contributed by atoms with Gasteiger partial charge in [-0.15, -0.1) is 0 Å². The van der Waals surface area contributed by atoms with Crippen LogP contribution in [0.1, 0.15) is 145 Å². The van der Waals surface area contributed by atoms with Gasteiger partial charge in [-0.1, -0.05) is 168 Å². The number of pyridine rings is 1. The lowest BCUT2D eigenvalue weighted by atomic mass is 9.79. The molecule has 0 aliphatic heterocycles. The van der Waals surface area contributed by atoms with E-state index in [1.54, 1.807) is 106 Å². The van der Waals surface area contributed by atoms with Crippen molar-refractivity contribution in [2.75, 3.05) is 0 Å². The quantitative estimate of drug-likeness (QED) is 0.181. The number of phenols is 1. The molecule has 4 nitrogen and oxygen atoms in total. The van der Waals surface area contributed by atoms with E-state index in [0.717, 1.165) is 6.92 Å². The Morgan fingerprint density at radius 2 is 1.25 bits per heavy atom. The number of aryl methyl sites for hydroxylation is 1. The Labute approximate surface area is 410 Å². The van der Waals surface area contributed by atoms with E-state index in [1.165, 1.54) is 16.7 Å². The summed E-state index contributed by atoms with van der Waals surface area (Å²) in [6.45, 7) is -9.26. The highest BCUT2D eigenvalue weighted by atomic mass is 16.3. The molecule has 0 radical (unpaired) electrons. The molecule has 63 heavy (non-hydrogen) atoms. The van der Waals surface area contributed by atoms with Crippen LogP contribution in [-0.4, -0.2) is 19.6 Å². The number of fused-ring (bicyclic) bond motifs is 1. The molecule has 0 spiro atoms. The minimum atomic E-state index is -3.99. The molecular weight excluding hydrogens is 767 g/mol. The molecule has 2 heterocycles. The van der Waals surface area contributed by atoms with Crippen molar-refractivity contribution in [3.63, 3.8) is 0 Å². The van der Waals surface area contributed by atoms with Gasteiger partial charge in [0, 0.05) is 47.5 Å². The van der Waals surface area contributed by atoms with Crippen molar-refractivity contribution in [3.8, 4) is 67.5 Å². The molecule has 0 unspecified atom stereocenters. The number of nitrogens with zero attached hydrogens (tertiary/aromatic N) is 3. The van der Waals surface area contributed by atoms with Gasteiger partial charge in [0.25, 0.3) is 0 Å². The molecule has 8 rings (SSSR count). The number of hydrogen-bond acceptors (Lipinski definition) is 3. The lowest BCUT2D eigenvalue weighted by Crippen LogP contribution is -2.17. The van der Waals surface area contributed by atoms with Crippen molar-refractivity contribution in [3.05, 3.63) is 167 Å². The lowest BCUT2D eigenvalue weighted by molar-refractivity contribution is 0.446. The van der Waals surface area contributed by atoms with Gasteiger partial charge in [-0.3, -0.25) is 9.55 Å². The number of rotatable bonds is 6. The van der Waals surface area contributed by atoms with Gasteiger partial charge < -0.3 is 5.11 Å². The van der Waals surface area contributed by atoms with Gasteiger partial charge >= 0.3 is 0 Å². The zero-order valence-electron chi connectivity index (χ0n) is 61.0.